The molecule has 1 aromatic carbocycles. The van der Waals surface area contributed by atoms with Crippen LogP contribution in [0.15, 0.2) is 18.2 Å². The number of hydrogen-bond donors (Lipinski definition) is 1. The zero-order valence-corrected chi connectivity index (χ0v) is 11.9. The summed E-state index contributed by atoms with van der Waals surface area (Å²) in [5, 5.41) is 3.36. The lowest BCUT2D eigenvalue weighted by atomic mass is 10.0. The Hall–Kier alpha value is -1.29. The summed E-state index contributed by atoms with van der Waals surface area (Å²) in [4.78, 5) is 2.14. The third-order valence-corrected chi connectivity index (χ3v) is 4.33. The van der Waals surface area contributed by atoms with Gasteiger partial charge in [0.1, 0.15) is 5.82 Å². The molecular formula is C16H23FN2O. The van der Waals surface area contributed by atoms with Gasteiger partial charge in [-0.1, -0.05) is 0 Å². The second-order valence-electron chi connectivity index (χ2n) is 5.80. The van der Waals surface area contributed by atoms with E-state index in [1.54, 1.807) is 6.07 Å². The molecule has 0 saturated carbocycles. The number of benzene rings is 1. The average Bonchev–Trinajstić information content (AvgIpc) is 3.00. The molecule has 2 fully saturated rings. The number of nitrogens with zero attached hydrogens (tertiary/aromatic N) is 1. The molecule has 1 aromatic rings. The smallest absolute Gasteiger partial charge is 0.148 e. The Morgan fingerprint density at radius 3 is 2.65 bits per heavy atom. The minimum absolute atomic E-state index is 0.108. The number of hydrogen-bond acceptors (Lipinski definition) is 3. The fourth-order valence-electron chi connectivity index (χ4n) is 3.04. The molecule has 3 nitrogen and oxygen atoms in total. The van der Waals surface area contributed by atoms with Crippen LogP contribution in [0.1, 0.15) is 25.7 Å². The Labute approximate surface area is 120 Å². The van der Waals surface area contributed by atoms with E-state index in [1.807, 2.05) is 12.1 Å². The van der Waals surface area contributed by atoms with E-state index in [0.29, 0.717) is 5.92 Å². The second-order valence-corrected chi connectivity index (χ2v) is 5.80. The maximum atomic E-state index is 14.2. The highest BCUT2D eigenvalue weighted by Crippen LogP contribution is 2.26. The summed E-state index contributed by atoms with van der Waals surface area (Å²) in [5.74, 6) is 0.536. The highest BCUT2D eigenvalue weighted by Gasteiger charge is 2.17. The SMILES string of the molecule is Fc1cc(NCC2CCOCC2)ccc1N1CCCC1. The zero-order valence-electron chi connectivity index (χ0n) is 11.9. The predicted molar refractivity (Wildman–Crippen MR) is 79.9 cm³/mol. The fraction of sp³-hybridized carbons (Fsp3) is 0.625. The standard InChI is InChI=1S/C16H23FN2O/c17-15-11-14(18-12-13-5-9-20-10-6-13)3-4-16(15)19-7-1-2-8-19/h3-4,11,13,18H,1-2,5-10,12H2. The molecule has 2 heterocycles. The van der Waals surface area contributed by atoms with Crippen LogP contribution in [0.25, 0.3) is 0 Å². The second kappa shape index (κ2) is 6.44. The van der Waals surface area contributed by atoms with E-state index >= 15 is 0 Å². The highest BCUT2D eigenvalue weighted by atomic mass is 19.1. The summed E-state index contributed by atoms with van der Waals surface area (Å²) in [6.45, 7) is 4.58. The minimum atomic E-state index is -0.108. The molecule has 110 valence electrons. The Kier molecular flexibility index (Phi) is 4.41. The molecular weight excluding hydrogens is 255 g/mol. The number of anilines is 2. The number of rotatable bonds is 4. The van der Waals surface area contributed by atoms with E-state index in [9.17, 15) is 4.39 Å². The van der Waals surface area contributed by atoms with Crippen molar-refractivity contribution in [2.75, 3.05) is 43.1 Å². The van der Waals surface area contributed by atoms with Gasteiger partial charge in [0.2, 0.25) is 0 Å². The van der Waals surface area contributed by atoms with Crippen molar-refractivity contribution in [2.24, 2.45) is 5.92 Å². The van der Waals surface area contributed by atoms with Crippen molar-refractivity contribution in [1.29, 1.82) is 0 Å². The Balaban J connectivity index is 1.58. The van der Waals surface area contributed by atoms with Crippen LogP contribution in [0.5, 0.6) is 0 Å². The largest absolute Gasteiger partial charge is 0.385 e. The van der Waals surface area contributed by atoms with Gasteiger partial charge in [0, 0.05) is 38.5 Å². The molecule has 0 radical (unpaired) electrons. The molecule has 3 rings (SSSR count). The number of ether oxygens (including phenoxy) is 1. The molecule has 0 amide bonds. The van der Waals surface area contributed by atoms with Gasteiger partial charge in [0.15, 0.2) is 0 Å². The Morgan fingerprint density at radius 2 is 1.95 bits per heavy atom. The van der Waals surface area contributed by atoms with E-state index in [-0.39, 0.29) is 5.82 Å². The van der Waals surface area contributed by atoms with Crippen molar-refractivity contribution in [2.45, 2.75) is 25.7 Å². The molecule has 20 heavy (non-hydrogen) atoms. The molecule has 2 aliphatic heterocycles. The first kappa shape index (κ1) is 13.7. The van der Waals surface area contributed by atoms with Crippen LogP contribution in [-0.2, 0) is 4.74 Å². The zero-order chi connectivity index (χ0) is 13.8. The van der Waals surface area contributed by atoms with Crippen molar-refractivity contribution in [3.05, 3.63) is 24.0 Å². The van der Waals surface area contributed by atoms with Crippen LogP contribution in [0.3, 0.4) is 0 Å². The predicted octanol–water partition coefficient (Wildman–Crippen LogP) is 3.26. The molecule has 0 atom stereocenters. The highest BCUT2D eigenvalue weighted by molar-refractivity contribution is 5.56. The minimum Gasteiger partial charge on any atom is -0.385 e. The van der Waals surface area contributed by atoms with Crippen LogP contribution in [0.2, 0.25) is 0 Å². The maximum Gasteiger partial charge on any atom is 0.148 e. The molecule has 0 aromatic heterocycles. The third-order valence-electron chi connectivity index (χ3n) is 4.33. The normalized spacial score (nSPS) is 20.4. The van der Waals surface area contributed by atoms with Crippen LogP contribution >= 0.6 is 0 Å². The van der Waals surface area contributed by atoms with Gasteiger partial charge in [0.25, 0.3) is 0 Å². The molecule has 0 spiro atoms. The topological polar surface area (TPSA) is 24.5 Å². The summed E-state index contributed by atoms with van der Waals surface area (Å²) in [5.41, 5.74) is 1.64. The van der Waals surface area contributed by atoms with Gasteiger partial charge >= 0.3 is 0 Å². The lowest BCUT2D eigenvalue weighted by Crippen LogP contribution is -2.23. The lowest BCUT2D eigenvalue weighted by Gasteiger charge is -2.23. The van der Waals surface area contributed by atoms with E-state index in [1.165, 1.54) is 12.8 Å². The molecule has 0 bridgehead atoms. The van der Waals surface area contributed by atoms with E-state index < -0.39 is 0 Å². The summed E-state index contributed by atoms with van der Waals surface area (Å²) in [6, 6.07) is 5.54. The van der Waals surface area contributed by atoms with Gasteiger partial charge in [-0.2, -0.15) is 0 Å². The van der Waals surface area contributed by atoms with Gasteiger partial charge in [-0.05, 0) is 49.8 Å². The average molecular weight is 278 g/mol. The van der Waals surface area contributed by atoms with Crippen LogP contribution in [0, 0.1) is 11.7 Å². The molecule has 2 saturated heterocycles. The molecule has 0 aliphatic carbocycles. The number of halogens is 1. The summed E-state index contributed by atoms with van der Waals surface area (Å²) < 4.78 is 19.5. The Bertz CT molecular complexity index is 440. The first-order valence-corrected chi connectivity index (χ1v) is 7.69. The quantitative estimate of drug-likeness (QED) is 0.915. The van der Waals surface area contributed by atoms with Gasteiger partial charge in [-0.3, -0.25) is 0 Å². The summed E-state index contributed by atoms with van der Waals surface area (Å²) >= 11 is 0. The Morgan fingerprint density at radius 1 is 1.20 bits per heavy atom. The molecule has 0 unspecified atom stereocenters. The van der Waals surface area contributed by atoms with Crippen molar-refractivity contribution in [3.8, 4) is 0 Å². The van der Waals surface area contributed by atoms with Gasteiger partial charge < -0.3 is 15.0 Å². The van der Waals surface area contributed by atoms with Crippen molar-refractivity contribution in [3.63, 3.8) is 0 Å². The van der Waals surface area contributed by atoms with Crippen LogP contribution in [-0.4, -0.2) is 32.8 Å². The molecule has 1 N–H and O–H groups in total. The van der Waals surface area contributed by atoms with Crippen molar-refractivity contribution < 1.29 is 9.13 Å². The third kappa shape index (κ3) is 3.23. The molecule has 4 heteroatoms. The maximum absolute atomic E-state index is 14.2. The fourth-order valence-corrected chi connectivity index (χ4v) is 3.04. The van der Waals surface area contributed by atoms with Crippen LogP contribution < -0.4 is 10.2 Å². The summed E-state index contributed by atoms with van der Waals surface area (Å²) in [6.07, 6.45) is 4.54. The van der Waals surface area contributed by atoms with Crippen molar-refractivity contribution in [1.82, 2.24) is 0 Å². The summed E-state index contributed by atoms with van der Waals surface area (Å²) in [7, 11) is 0. The monoisotopic (exact) mass is 278 g/mol. The molecule has 2 aliphatic rings. The number of nitrogens with one attached hydrogen (secondary N) is 1. The van der Waals surface area contributed by atoms with E-state index in [4.69, 9.17) is 4.74 Å². The van der Waals surface area contributed by atoms with Gasteiger partial charge in [-0.15, -0.1) is 0 Å². The van der Waals surface area contributed by atoms with Crippen molar-refractivity contribution >= 4 is 11.4 Å². The van der Waals surface area contributed by atoms with E-state index in [0.717, 1.165) is 57.1 Å². The van der Waals surface area contributed by atoms with E-state index in [2.05, 4.69) is 10.2 Å². The van der Waals surface area contributed by atoms with Gasteiger partial charge in [0.05, 0.1) is 5.69 Å². The first-order valence-electron chi connectivity index (χ1n) is 7.69. The van der Waals surface area contributed by atoms with Gasteiger partial charge in [-0.25, -0.2) is 4.39 Å². The lowest BCUT2D eigenvalue weighted by molar-refractivity contribution is 0.0699. The van der Waals surface area contributed by atoms with Crippen LogP contribution in [0.4, 0.5) is 15.8 Å². The first-order chi connectivity index (χ1) is 9.83.